The third-order valence-corrected chi connectivity index (χ3v) is 3.49. The van der Waals surface area contributed by atoms with E-state index < -0.39 is 0 Å². The fourth-order valence-corrected chi connectivity index (χ4v) is 2.88. The average Bonchev–Trinajstić information content (AvgIpc) is 2.46. The molecule has 2 aliphatic rings. The predicted octanol–water partition coefficient (Wildman–Crippen LogP) is 1.88. The first-order valence-corrected chi connectivity index (χ1v) is 4.58. The van der Waals surface area contributed by atoms with Gasteiger partial charge in [0.1, 0.15) is 0 Å². The third kappa shape index (κ3) is 0.731. The minimum atomic E-state index is 0.892. The van der Waals surface area contributed by atoms with Crippen LogP contribution in [0.5, 0.6) is 0 Å². The molecule has 0 spiro atoms. The van der Waals surface area contributed by atoms with Gasteiger partial charge < -0.3 is 0 Å². The summed E-state index contributed by atoms with van der Waals surface area (Å²) in [6, 6.07) is 1.86. The van der Waals surface area contributed by atoms with Crippen molar-refractivity contribution in [2.75, 3.05) is 6.54 Å². The highest BCUT2D eigenvalue weighted by molar-refractivity contribution is 4.96. The number of nitrogens with zero attached hydrogens (tertiary/aromatic N) is 1. The number of likely N-dealkylation sites (tertiary alicyclic amines) is 1. The van der Waals surface area contributed by atoms with Crippen LogP contribution in [-0.2, 0) is 0 Å². The zero-order valence-electron chi connectivity index (χ0n) is 7.01. The maximum Gasteiger partial charge on any atom is 0.0101 e. The molecule has 0 N–H and O–H groups in total. The Bertz CT molecular complexity index is 131. The molecule has 2 bridgehead atoms. The molecule has 2 rings (SSSR count). The van der Waals surface area contributed by atoms with Gasteiger partial charge in [0.05, 0.1) is 0 Å². The molecule has 1 heteroatoms. The maximum absolute atomic E-state index is 2.67. The van der Waals surface area contributed by atoms with Gasteiger partial charge >= 0.3 is 0 Å². The van der Waals surface area contributed by atoms with Crippen molar-refractivity contribution >= 4 is 0 Å². The van der Waals surface area contributed by atoms with E-state index in [1.54, 1.807) is 0 Å². The first kappa shape index (κ1) is 6.66. The molecule has 58 valence electrons. The molecule has 0 aromatic carbocycles. The molecular weight excluding hydrogens is 122 g/mol. The number of hydrogen-bond donors (Lipinski definition) is 0. The number of piperidine rings is 1. The molecule has 1 aliphatic carbocycles. The first-order chi connectivity index (χ1) is 4.83. The molecule has 10 heavy (non-hydrogen) atoms. The van der Waals surface area contributed by atoms with Crippen molar-refractivity contribution in [2.45, 2.75) is 45.2 Å². The quantitative estimate of drug-likeness (QED) is 0.536. The van der Waals surface area contributed by atoms with E-state index in [1.807, 2.05) is 0 Å². The summed E-state index contributed by atoms with van der Waals surface area (Å²) in [4.78, 5) is 2.67. The van der Waals surface area contributed by atoms with Gasteiger partial charge in [0, 0.05) is 12.1 Å². The SMILES string of the molecule is CCN1C2CCC(C2)C1C. The van der Waals surface area contributed by atoms with Crippen molar-refractivity contribution < 1.29 is 0 Å². The molecule has 0 amide bonds. The lowest BCUT2D eigenvalue weighted by Crippen LogP contribution is -2.38. The highest BCUT2D eigenvalue weighted by Crippen LogP contribution is 2.41. The van der Waals surface area contributed by atoms with E-state index in [-0.39, 0.29) is 0 Å². The van der Waals surface area contributed by atoms with Crippen LogP contribution in [0.2, 0.25) is 0 Å². The summed E-state index contributed by atoms with van der Waals surface area (Å²) in [7, 11) is 0. The summed E-state index contributed by atoms with van der Waals surface area (Å²) >= 11 is 0. The topological polar surface area (TPSA) is 3.24 Å². The van der Waals surface area contributed by atoms with Crippen molar-refractivity contribution in [3.8, 4) is 0 Å². The second-order valence-electron chi connectivity index (χ2n) is 3.80. The van der Waals surface area contributed by atoms with Crippen LogP contribution in [0.4, 0.5) is 0 Å². The zero-order chi connectivity index (χ0) is 7.14. The highest BCUT2D eigenvalue weighted by atomic mass is 15.2. The largest absolute Gasteiger partial charge is 0.298 e. The Morgan fingerprint density at radius 2 is 2.20 bits per heavy atom. The molecule has 0 aromatic rings. The van der Waals surface area contributed by atoms with Crippen molar-refractivity contribution in [1.82, 2.24) is 4.90 Å². The summed E-state index contributed by atoms with van der Waals surface area (Å²) < 4.78 is 0. The normalized spacial score (nSPS) is 46.8. The second kappa shape index (κ2) is 2.23. The Morgan fingerprint density at radius 3 is 2.60 bits per heavy atom. The fraction of sp³-hybridized carbons (Fsp3) is 1.00. The van der Waals surface area contributed by atoms with E-state index >= 15 is 0 Å². The first-order valence-electron chi connectivity index (χ1n) is 4.58. The van der Waals surface area contributed by atoms with Gasteiger partial charge in [-0.05, 0) is 38.6 Å². The fourth-order valence-electron chi connectivity index (χ4n) is 2.88. The maximum atomic E-state index is 2.67. The van der Waals surface area contributed by atoms with Gasteiger partial charge in [0.25, 0.3) is 0 Å². The van der Waals surface area contributed by atoms with Crippen LogP contribution in [0, 0.1) is 5.92 Å². The third-order valence-electron chi connectivity index (χ3n) is 3.49. The summed E-state index contributed by atoms with van der Waals surface area (Å²) in [5.74, 6) is 1.05. The summed E-state index contributed by atoms with van der Waals surface area (Å²) in [5, 5.41) is 0. The van der Waals surface area contributed by atoms with Gasteiger partial charge in [0.2, 0.25) is 0 Å². The van der Waals surface area contributed by atoms with Crippen LogP contribution in [0.25, 0.3) is 0 Å². The van der Waals surface area contributed by atoms with E-state index in [9.17, 15) is 0 Å². The Balaban J connectivity index is 2.10. The van der Waals surface area contributed by atoms with Gasteiger partial charge in [0.15, 0.2) is 0 Å². The number of rotatable bonds is 1. The molecule has 1 aliphatic heterocycles. The second-order valence-corrected chi connectivity index (χ2v) is 3.80. The Hall–Kier alpha value is -0.0400. The van der Waals surface area contributed by atoms with E-state index in [0.29, 0.717) is 0 Å². The number of fused-ring (bicyclic) bond motifs is 2. The van der Waals surface area contributed by atoms with Crippen molar-refractivity contribution in [3.05, 3.63) is 0 Å². The van der Waals surface area contributed by atoms with Crippen molar-refractivity contribution in [3.63, 3.8) is 0 Å². The minimum Gasteiger partial charge on any atom is -0.298 e. The molecule has 1 heterocycles. The van der Waals surface area contributed by atoms with Crippen molar-refractivity contribution in [1.29, 1.82) is 0 Å². The van der Waals surface area contributed by atoms with Crippen LogP contribution in [-0.4, -0.2) is 23.5 Å². The molecule has 0 radical (unpaired) electrons. The molecule has 1 nitrogen and oxygen atoms in total. The van der Waals surface area contributed by atoms with E-state index in [0.717, 1.165) is 18.0 Å². The van der Waals surface area contributed by atoms with Gasteiger partial charge in [-0.15, -0.1) is 0 Å². The van der Waals surface area contributed by atoms with Crippen LogP contribution in [0.15, 0.2) is 0 Å². The summed E-state index contributed by atoms with van der Waals surface area (Å²) in [6.07, 6.45) is 4.47. The van der Waals surface area contributed by atoms with Crippen LogP contribution in [0.1, 0.15) is 33.1 Å². The lowest BCUT2D eigenvalue weighted by atomic mass is 10.0. The van der Waals surface area contributed by atoms with Gasteiger partial charge in [-0.2, -0.15) is 0 Å². The van der Waals surface area contributed by atoms with E-state index in [4.69, 9.17) is 0 Å². The predicted molar refractivity (Wildman–Crippen MR) is 43.0 cm³/mol. The lowest BCUT2D eigenvalue weighted by molar-refractivity contribution is 0.159. The summed E-state index contributed by atoms with van der Waals surface area (Å²) in [5.41, 5.74) is 0. The molecule has 1 saturated carbocycles. The standard InChI is InChI=1S/C9H17N/c1-3-10-7(2)8-4-5-9(10)6-8/h7-9H,3-6H2,1-2H3. The zero-order valence-corrected chi connectivity index (χ0v) is 7.01. The Morgan fingerprint density at radius 1 is 1.40 bits per heavy atom. The molecular formula is C9H17N. The Kier molecular flexibility index (Phi) is 1.48. The molecule has 2 fully saturated rings. The monoisotopic (exact) mass is 139 g/mol. The average molecular weight is 139 g/mol. The lowest BCUT2D eigenvalue weighted by Gasteiger charge is -2.31. The van der Waals surface area contributed by atoms with Gasteiger partial charge in [-0.25, -0.2) is 0 Å². The van der Waals surface area contributed by atoms with Crippen molar-refractivity contribution in [2.24, 2.45) is 5.92 Å². The smallest absolute Gasteiger partial charge is 0.0101 e. The van der Waals surface area contributed by atoms with E-state index in [2.05, 4.69) is 18.7 Å². The van der Waals surface area contributed by atoms with Crippen LogP contribution < -0.4 is 0 Å². The molecule has 0 aromatic heterocycles. The van der Waals surface area contributed by atoms with E-state index in [1.165, 1.54) is 25.8 Å². The van der Waals surface area contributed by atoms with Gasteiger partial charge in [-0.1, -0.05) is 6.92 Å². The molecule has 3 atom stereocenters. The molecule has 3 unspecified atom stereocenters. The van der Waals surface area contributed by atoms with Crippen LogP contribution >= 0.6 is 0 Å². The highest BCUT2D eigenvalue weighted by Gasteiger charge is 2.42. The molecule has 1 saturated heterocycles. The number of hydrogen-bond acceptors (Lipinski definition) is 1. The van der Waals surface area contributed by atoms with Crippen LogP contribution in [0.3, 0.4) is 0 Å². The van der Waals surface area contributed by atoms with Gasteiger partial charge in [-0.3, -0.25) is 4.90 Å². The summed E-state index contributed by atoms with van der Waals surface area (Å²) in [6.45, 7) is 5.95. The minimum absolute atomic E-state index is 0.892. The Labute approximate surface area is 63.4 Å².